The molecule has 0 bridgehead atoms. The first-order valence-electron chi connectivity index (χ1n) is 3.69. The first-order valence-corrected chi connectivity index (χ1v) is 3.69. The molecule has 4 nitrogen and oxygen atoms in total. The van der Waals surface area contributed by atoms with Crippen molar-refractivity contribution in [1.82, 2.24) is 0 Å². The molecule has 12 heavy (non-hydrogen) atoms. The number of methoxy groups -OCH3 is 1. The van der Waals surface area contributed by atoms with Crippen molar-refractivity contribution in [3.05, 3.63) is 0 Å². The van der Waals surface area contributed by atoms with Gasteiger partial charge in [-0.2, -0.15) is 0 Å². The maximum Gasteiger partial charge on any atom is 0.149 e. The predicted molar refractivity (Wildman–Crippen MR) is 44.9 cm³/mol. The van der Waals surface area contributed by atoms with Gasteiger partial charge in [0.25, 0.3) is 0 Å². The van der Waals surface area contributed by atoms with Gasteiger partial charge in [-0.3, -0.25) is 0 Å². The van der Waals surface area contributed by atoms with Crippen molar-refractivity contribution >= 4 is 5.71 Å². The first-order chi connectivity index (χ1) is 5.70. The summed E-state index contributed by atoms with van der Waals surface area (Å²) < 4.78 is 17.2. The first kappa shape index (κ1) is 11.3. The monoisotopic (exact) mass is 178 g/mol. The van der Waals surface area contributed by atoms with Gasteiger partial charge in [0.2, 0.25) is 0 Å². The van der Waals surface area contributed by atoms with E-state index >= 15 is 0 Å². The van der Waals surface area contributed by atoms with E-state index in [1.54, 1.807) is 14.0 Å². The molecule has 5 heteroatoms. The number of rotatable bonds is 6. The third-order valence-corrected chi connectivity index (χ3v) is 1.08. The van der Waals surface area contributed by atoms with Gasteiger partial charge in [-0.15, -0.1) is 0 Å². The van der Waals surface area contributed by atoms with Crippen LogP contribution in [0.2, 0.25) is 0 Å². The van der Waals surface area contributed by atoms with Crippen LogP contribution >= 0.6 is 0 Å². The van der Waals surface area contributed by atoms with Gasteiger partial charge in [0.05, 0.1) is 12.3 Å². The molecule has 2 N–H and O–H groups in total. The van der Waals surface area contributed by atoms with Crippen molar-refractivity contribution in [1.29, 1.82) is 0 Å². The number of oxime groups is 1. The maximum absolute atomic E-state index is 12.4. The normalized spacial score (nSPS) is 14.5. The number of nitrogens with two attached hydrogens (primary N) is 1. The zero-order chi connectivity index (χ0) is 9.40. The summed E-state index contributed by atoms with van der Waals surface area (Å²) in [6, 6.07) is 0. The smallest absolute Gasteiger partial charge is 0.149 e. The van der Waals surface area contributed by atoms with E-state index in [2.05, 4.69) is 9.99 Å². The van der Waals surface area contributed by atoms with Crippen LogP contribution in [0.5, 0.6) is 0 Å². The van der Waals surface area contributed by atoms with Gasteiger partial charge in [0, 0.05) is 13.7 Å². The molecule has 1 atom stereocenters. The lowest BCUT2D eigenvalue weighted by Gasteiger charge is -2.03. The van der Waals surface area contributed by atoms with Crippen LogP contribution in [0.4, 0.5) is 4.39 Å². The Bertz CT molecular complexity index is 141. The van der Waals surface area contributed by atoms with Gasteiger partial charge in [-0.25, -0.2) is 4.39 Å². The summed E-state index contributed by atoms with van der Waals surface area (Å²) in [4.78, 5) is 4.65. The molecule has 0 spiro atoms. The Morgan fingerprint density at radius 1 is 1.67 bits per heavy atom. The minimum Gasteiger partial charge on any atom is -0.393 e. The summed E-state index contributed by atoms with van der Waals surface area (Å²) in [6.07, 6.45) is -1.15. The van der Waals surface area contributed by atoms with Crippen LogP contribution in [0.25, 0.3) is 0 Å². The second-order valence-corrected chi connectivity index (χ2v) is 2.39. The molecule has 72 valence electrons. The fourth-order valence-electron chi connectivity index (χ4n) is 0.532. The molecule has 0 saturated carbocycles. The largest absolute Gasteiger partial charge is 0.393 e. The van der Waals surface area contributed by atoms with Gasteiger partial charge < -0.3 is 15.3 Å². The lowest BCUT2D eigenvalue weighted by atomic mass is 10.4. The highest BCUT2D eigenvalue weighted by Crippen LogP contribution is 1.90. The Morgan fingerprint density at radius 2 is 2.33 bits per heavy atom. The molecule has 0 rings (SSSR count). The Hall–Kier alpha value is -0.680. The van der Waals surface area contributed by atoms with Crippen molar-refractivity contribution in [3.63, 3.8) is 0 Å². The van der Waals surface area contributed by atoms with Gasteiger partial charge in [-0.1, -0.05) is 5.16 Å². The van der Waals surface area contributed by atoms with Crippen molar-refractivity contribution in [3.8, 4) is 0 Å². The van der Waals surface area contributed by atoms with Gasteiger partial charge >= 0.3 is 0 Å². The molecule has 0 saturated heterocycles. The summed E-state index contributed by atoms with van der Waals surface area (Å²) in [6.45, 7) is 1.98. The second kappa shape index (κ2) is 7.00. The molecule has 0 aromatic heterocycles. The molecule has 0 heterocycles. The zero-order valence-electron chi connectivity index (χ0n) is 7.42. The fraction of sp³-hybridized carbons (Fsp3) is 0.857. The molecular formula is C7H15FN2O2. The van der Waals surface area contributed by atoms with Crippen molar-refractivity contribution in [2.75, 3.05) is 26.9 Å². The van der Waals surface area contributed by atoms with Crippen LogP contribution in [0, 0.1) is 0 Å². The van der Waals surface area contributed by atoms with E-state index < -0.39 is 6.17 Å². The molecule has 0 fully saturated rings. The van der Waals surface area contributed by atoms with Crippen molar-refractivity contribution in [2.24, 2.45) is 10.9 Å². The molecule has 1 unspecified atom stereocenters. The van der Waals surface area contributed by atoms with E-state index in [1.807, 2.05) is 0 Å². The average Bonchev–Trinajstić information content (AvgIpc) is 2.04. The minimum absolute atomic E-state index is 0.0428. The average molecular weight is 178 g/mol. The molecule has 0 aliphatic rings. The Morgan fingerprint density at radius 3 is 2.83 bits per heavy atom. The fourth-order valence-corrected chi connectivity index (χ4v) is 0.532. The van der Waals surface area contributed by atoms with Crippen LogP contribution in [0.1, 0.15) is 6.92 Å². The highest BCUT2D eigenvalue weighted by Gasteiger charge is 2.02. The molecule has 0 aliphatic carbocycles. The van der Waals surface area contributed by atoms with Crippen LogP contribution in [0.3, 0.4) is 0 Å². The molecule has 0 aromatic rings. The number of hydrogen-bond donors (Lipinski definition) is 1. The summed E-state index contributed by atoms with van der Waals surface area (Å²) in [5, 5.41) is 3.60. The van der Waals surface area contributed by atoms with Crippen molar-refractivity contribution in [2.45, 2.75) is 13.1 Å². The van der Waals surface area contributed by atoms with E-state index in [0.29, 0.717) is 12.3 Å². The van der Waals surface area contributed by atoms with Crippen LogP contribution < -0.4 is 5.73 Å². The Labute approximate surface area is 71.5 Å². The number of nitrogens with zero attached hydrogens (tertiary/aromatic N) is 1. The summed E-state index contributed by atoms with van der Waals surface area (Å²) in [5.41, 5.74) is 5.69. The van der Waals surface area contributed by atoms with Gasteiger partial charge in [0.1, 0.15) is 12.8 Å². The van der Waals surface area contributed by atoms with Gasteiger partial charge in [0.15, 0.2) is 0 Å². The topological polar surface area (TPSA) is 56.8 Å². The third kappa shape index (κ3) is 6.06. The highest BCUT2D eigenvalue weighted by atomic mass is 19.1. The van der Waals surface area contributed by atoms with Gasteiger partial charge in [-0.05, 0) is 6.92 Å². The van der Waals surface area contributed by atoms with Crippen LogP contribution in [-0.2, 0) is 9.57 Å². The zero-order valence-corrected chi connectivity index (χ0v) is 7.42. The summed E-state index contributed by atoms with van der Waals surface area (Å²) >= 11 is 0. The molecule has 0 aliphatic heterocycles. The standard InChI is InChI=1S/C7H15FN2O2/c1-6(4-11-2)10-12-5-7(8)3-9/h7H,3-5,9H2,1-2H3/b10-6-. The van der Waals surface area contributed by atoms with Crippen LogP contribution in [0.15, 0.2) is 5.16 Å². The van der Waals surface area contributed by atoms with E-state index in [1.165, 1.54) is 0 Å². The molecule has 0 amide bonds. The number of hydrogen-bond acceptors (Lipinski definition) is 4. The van der Waals surface area contributed by atoms with Crippen LogP contribution in [-0.4, -0.2) is 38.8 Å². The maximum atomic E-state index is 12.4. The van der Waals surface area contributed by atoms with E-state index in [0.717, 1.165) is 0 Å². The van der Waals surface area contributed by atoms with E-state index in [4.69, 9.17) is 10.5 Å². The SMILES string of the molecule is COC/C(C)=N\OCC(F)CN. The number of ether oxygens (including phenoxy) is 1. The van der Waals surface area contributed by atoms with E-state index in [-0.39, 0.29) is 13.2 Å². The lowest BCUT2D eigenvalue weighted by molar-refractivity contribution is 0.0878. The second-order valence-electron chi connectivity index (χ2n) is 2.39. The minimum atomic E-state index is -1.15. The lowest BCUT2D eigenvalue weighted by Crippen LogP contribution is -2.20. The number of halogens is 1. The Balaban J connectivity index is 3.45. The molecular weight excluding hydrogens is 163 g/mol. The highest BCUT2D eigenvalue weighted by molar-refractivity contribution is 5.82. The Kier molecular flexibility index (Phi) is 6.60. The molecule has 0 aromatic carbocycles. The van der Waals surface area contributed by atoms with E-state index in [9.17, 15) is 4.39 Å². The molecule has 0 radical (unpaired) electrons. The number of alkyl halides is 1. The predicted octanol–water partition coefficient (Wildman–Crippen LogP) is 0.322. The quantitative estimate of drug-likeness (QED) is 0.471. The third-order valence-electron chi connectivity index (χ3n) is 1.08. The summed E-state index contributed by atoms with van der Waals surface area (Å²) in [7, 11) is 1.55. The van der Waals surface area contributed by atoms with Crippen molar-refractivity contribution < 1.29 is 14.0 Å². The summed E-state index contributed by atoms with van der Waals surface area (Å²) in [5.74, 6) is 0.